The molecule has 2 rings (SSSR count). The highest BCUT2D eigenvalue weighted by Crippen LogP contribution is 2.27. The summed E-state index contributed by atoms with van der Waals surface area (Å²) in [5, 5.41) is 3.71. The van der Waals surface area contributed by atoms with Crippen molar-refractivity contribution in [1.82, 2.24) is 5.32 Å². The Hall–Kier alpha value is -0.860. The van der Waals surface area contributed by atoms with Gasteiger partial charge in [0, 0.05) is 19.3 Å². The van der Waals surface area contributed by atoms with Crippen molar-refractivity contribution in [2.45, 2.75) is 52.0 Å². The smallest absolute Gasteiger partial charge is 0.0495 e. The lowest BCUT2D eigenvalue weighted by molar-refractivity contribution is 0.181. The molecular formula is C18H29NO. The zero-order valence-corrected chi connectivity index (χ0v) is 13.2. The maximum absolute atomic E-state index is 5.52. The summed E-state index contributed by atoms with van der Waals surface area (Å²) in [5.41, 5.74) is 2.85. The predicted octanol–water partition coefficient (Wildman–Crippen LogP) is 4.28. The van der Waals surface area contributed by atoms with Gasteiger partial charge in [0.1, 0.15) is 0 Å². The van der Waals surface area contributed by atoms with Gasteiger partial charge in [-0.1, -0.05) is 45.0 Å². The molecule has 0 spiro atoms. The Balaban J connectivity index is 2.03. The Morgan fingerprint density at radius 2 is 1.90 bits per heavy atom. The molecule has 20 heavy (non-hydrogen) atoms. The van der Waals surface area contributed by atoms with Crippen molar-refractivity contribution >= 4 is 0 Å². The molecule has 1 saturated heterocycles. The third-order valence-electron chi connectivity index (χ3n) is 4.24. The summed E-state index contributed by atoms with van der Waals surface area (Å²) in [5.74, 6) is 1.32. The Morgan fingerprint density at radius 1 is 1.20 bits per heavy atom. The van der Waals surface area contributed by atoms with Crippen molar-refractivity contribution in [3.63, 3.8) is 0 Å². The van der Waals surface area contributed by atoms with Crippen molar-refractivity contribution in [3.8, 4) is 0 Å². The summed E-state index contributed by atoms with van der Waals surface area (Å²) in [6.45, 7) is 9.69. The van der Waals surface area contributed by atoms with Crippen molar-refractivity contribution in [2.24, 2.45) is 5.92 Å². The monoisotopic (exact) mass is 275 g/mol. The second-order valence-electron chi connectivity index (χ2n) is 6.29. The van der Waals surface area contributed by atoms with E-state index in [0.29, 0.717) is 17.9 Å². The number of hydrogen-bond acceptors (Lipinski definition) is 2. The summed E-state index contributed by atoms with van der Waals surface area (Å²) in [6, 6.07) is 9.65. The zero-order valence-electron chi connectivity index (χ0n) is 13.2. The lowest BCUT2D eigenvalue weighted by atomic mass is 9.92. The van der Waals surface area contributed by atoms with E-state index in [0.717, 1.165) is 19.8 Å². The molecule has 1 N–H and O–H groups in total. The van der Waals surface area contributed by atoms with Gasteiger partial charge in [-0.3, -0.25) is 0 Å². The first-order valence-corrected chi connectivity index (χ1v) is 8.11. The molecule has 2 nitrogen and oxygen atoms in total. The van der Waals surface area contributed by atoms with Crippen LogP contribution in [0.5, 0.6) is 0 Å². The van der Waals surface area contributed by atoms with E-state index in [-0.39, 0.29) is 0 Å². The number of benzene rings is 1. The first-order chi connectivity index (χ1) is 9.70. The normalized spacial score (nSPS) is 20.5. The van der Waals surface area contributed by atoms with E-state index in [1.807, 2.05) is 0 Å². The third kappa shape index (κ3) is 4.32. The van der Waals surface area contributed by atoms with Gasteiger partial charge in [0.25, 0.3) is 0 Å². The molecule has 1 heterocycles. The van der Waals surface area contributed by atoms with Crippen molar-refractivity contribution in [2.75, 3.05) is 19.8 Å². The van der Waals surface area contributed by atoms with E-state index in [1.165, 1.54) is 30.4 Å². The van der Waals surface area contributed by atoms with E-state index < -0.39 is 0 Å². The second-order valence-corrected chi connectivity index (χ2v) is 6.29. The predicted molar refractivity (Wildman–Crippen MR) is 85.1 cm³/mol. The van der Waals surface area contributed by atoms with E-state index in [9.17, 15) is 0 Å². The second kappa shape index (κ2) is 7.80. The summed E-state index contributed by atoms with van der Waals surface area (Å²) in [6.07, 6.45) is 3.59. The van der Waals surface area contributed by atoms with E-state index in [1.54, 1.807) is 0 Å². The van der Waals surface area contributed by atoms with Gasteiger partial charge >= 0.3 is 0 Å². The average Bonchev–Trinajstić information content (AvgIpc) is 2.96. The maximum Gasteiger partial charge on any atom is 0.0495 e. The summed E-state index contributed by atoms with van der Waals surface area (Å²) >= 11 is 0. The molecule has 0 bridgehead atoms. The molecule has 0 aromatic heterocycles. The molecule has 0 saturated carbocycles. The Labute approximate surface area is 123 Å². The lowest BCUT2D eigenvalue weighted by Gasteiger charge is -2.22. The molecular weight excluding hydrogens is 246 g/mol. The van der Waals surface area contributed by atoms with Gasteiger partial charge < -0.3 is 10.1 Å². The third-order valence-corrected chi connectivity index (χ3v) is 4.24. The molecule has 2 heteroatoms. The van der Waals surface area contributed by atoms with Crippen LogP contribution in [-0.2, 0) is 4.74 Å². The minimum absolute atomic E-state index is 0.475. The number of nitrogens with one attached hydrogen (secondary N) is 1. The van der Waals surface area contributed by atoms with Crippen LogP contribution in [0, 0.1) is 5.92 Å². The van der Waals surface area contributed by atoms with Gasteiger partial charge in [0.2, 0.25) is 0 Å². The van der Waals surface area contributed by atoms with Crippen LogP contribution in [0.2, 0.25) is 0 Å². The molecule has 0 amide bonds. The van der Waals surface area contributed by atoms with Crippen molar-refractivity contribution < 1.29 is 4.74 Å². The van der Waals surface area contributed by atoms with Crippen LogP contribution < -0.4 is 5.32 Å². The molecule has 1 aromatic carbocycles. The molecule has 112 valence electrons. The summed E-state index contributed by atoms with van der Waals surface area (Å²) < 4.78 is 5.52. The molecule has 1 aromatic rings. The first kappa shape index (κ1) is 15.5. The number of rotatable bonds is 7. The maximum atomic E-state index is 5.52. The van der Waals surface area contributed by atoms with Gasteiger partial charge in [-0.15, -0.1) is 0 Å². The molecule has 1 fully saturated rings. The highest BCUT2D eigenvalue weighted by Gasteiger charge is 2.21. The Bertz CT molecular complexity index is 379. The molecule has 2 unspecified atom stereocenters. The van der Waals surface area contributed by atoms with Crippen LogP contribution in [0.25, 0.3) is 0 Å². The highest BCUT2D eigenvalue weighted by atomic mass is 16.5. The Morgan fingerprint density at radius 3 is 2.45 bits per heavy atom. The highest BCUT2D eigenvalue weighted by molar-refractivity contribution is 5.27. The number of hydrogen-bond donors (Lipinski definition) is 1. The standard InChI is InChI=1S/C18H29NO/c1-4-10-19-18(12-15-9-11-20-13-15)17-7-5-16(6-8-17)14(2)3/h5-8,14-15,18-19H,4,9-13H2,1-3H3. The van der Waals surface area contributed by atoms with Gasteiger partial charge in [-0.25, -0.2) is 0 Å². The van der Waals surface area contributed by atoms with Crippen LogP contribution in [0.4, 0.5) is 0 Å². The molecule has 1 aliphatic rings. The summed E-state index contributed by atoms with van der Waals surface area (Å²) in [4.78, 5) is 0. The first-order valence-electron chi connectivity index (χ1n) is 8.11. The largest absolute Gasteiger partial charge is 0.381 e. The number of ether oxygens (including phenoxy) is 1. The van der Waals surface area contributed by atoms with Gasteiger partial charge in [-0.2, -0.15) is 0 Å². The Kier molecular flexibility index (Phi) is 6.06. The minimum atomic E-state index is 0.475. The average molecular weight is 275 g/mol. The molecule has 0 aliphatic carbocycles. The van der Waals surface area contributed by atoms with Crippen LogP contribution in [0.1, 0.15) is 63.1 Å². The topological polar surface area (TPSA) is 21.3 Å². The SMILES string of the molecule is CCCNC(CC1CCOC1)c1ccc(C(C)C)cc1. The van der Waals surface area contributed by atoms with Crippen molar-refractivity contribution in [1.29, 1.82) is 0 Å². The lowest BCUT2D eigenvalue weighted by Crippen LogP contribution is -2.24. The van der Waals surface area contributed by atoms with Gasteiger partial charge in [0.05, 0.1) is 0 Å². The minimum Gasteiger partial charge on any atom is -0.381 e. The van der Waals surface area contributed by atoms with Gasteiger partial charge in [-0.05, 0) is 48.8 Å². The van der Waals surface area contributed by atoms with E-state index >= 15 is 0 Å². The molecule has 1 aliphatic heterocycles. The van der Waals surface area contributed by atoms with Crippen LogP contribution in [-0.4, -0.2) is 19.8 Å². The quantitative estimate of drug-likeness (QED) is 0.802. The molecule has 2 atom stereocenters. The van der Waals surface area contributed by atoms with Gasteiger partial charge in [0.15, 0.2) is 0 Å². The fourth-order valence-electron chi connectivity index (χ4n) is 2.87. The van der Waals surface area contributed by atoms with Crippen LogP contribution in [0.15, 0.2) is 24.3 Å². The van der Waals surface area contributed by atoms with Crippen molar-refractivity contribution in [3.05, 3.63) is 35.4 Å². The van der Waals surface area contributed by atoms with E-state index in [2.05, 4.69) is 50.4 Å². The molecule has 0 radical (unpaired) electrons. The zero-order chi connectivity index (χ0) is 14.4. The van der Waals surface area contributed by atoms with Crippen LogP contribution >= 0.6 is 0 Å². The summed E-state index contributed by atoms with van der Waals surface area (Å²) in [7, 11) is 0. The fraction of sp³-hybridized carbons (Fsp3) is 0.667. The van der Waals surface area contributed by atoms with E-state index in [4.69, 9.17) is 4.74 Å². The fourth-order valence-corrected chi connectivity index (χ4v) is 2.87. The van der Waals surface area contributed by atoms with Crippen LogP contribution in [0.3, 0.4) is 0 Å².